The van der Waals surface area contributed by atoms with Crippen molar-refractivity contribution >= 4 is 17.4 Å². The lowest BCUT2D eigenvalue weighted by Crippen LogP contribution is -2.42. The van der Waals surface area contributed by atoms with Gasteiger partial charge in [0.05, 0.1) is 10.6 Å². The first-order valence-electron chi connectivity index (χ1n) is 8.51. The van der Waals surface area contributed by atoms with Crippen molar-refractivity contribution in [2.75, 3.05) is 13.1 Å². The van der Waals surface area contributed by atoms with Gasteiger partial charge in [-0.05, 0) is 30.4 Å². The van der Waals surface area contributed by atoms with Crippen LogP contribution < -0.4 is 0 Å². The van der Waals surface area contributed by atoms with Crippen molar-refractivity contribution in [3.05, 3.63) is 46.5 Å². The second-order valence-electron chi connectivity index (χ2n) is 6.34. The molecule has 0 unspecified atom stereocenters. The number of aryl methyl sites for hydroxylation is 1. The summed E-state index contributed by atoms with van der Waals surface area (Å²) >= 11 is 1.46. The first-order chi connectivity index (χ1) is 11.7. The van der Waals surface area contributed by atoms with E-state index in [1.807, 2.05) is 25.1 Å². The molecule has 1 aromatic carbocycles. The number of carbonyl (C=O) groups excluding carboxylic acids is 1. The third-order valence-corrected chi connectivity index (χ3v) is 5.46. The van der Waals surface area contributed by atoms with E-state index >= 15 is 0 Å². The zero-order valence-electron chi connectivity index (χ0n) is 14.3. The van der Waals surface area contributed by atoms with Gasteiger partial charge in [0.15, 0.2) is 0 Å². The van der Waals surface area contributed by atoms with E-state index < -0.39 is 0 Å². The van der Waals surface area contributed by atoms with Crippen LogP contribution in [0.2, 0.25) is 0 Å². The molecule has 0 radical (unpaired) electrons. The summed E-state index contributed by atoms with van der Waals surface area (Å²) in [5.74, 6) is 0.257. The molecule has 1 atom stereocenters. The summed E-state index contributed by atoms with van der Waals surface area (Å²) in [7, 11) is 0. The Morgan fingerprint density at radius 2 is 2.04 bits per heavy atom. The van der Waals surface area contributed by atoms with Crippen molar-refractivity contribution in [1.82, 2.24) is 19.4 Å². The highest BCUT2D eigenvalue weighted by Crippen LogP contribution is 2.20. The highest BCUT2D eigenvalue weighted by atomic mass is 32.1. The summed E-state index contributed by atoms with van der Waals surface area (Å²) in [6.45, 7) is 7.42. The predicted octanol–water partition coefficient (Wildman–Crippen LogP) is 2.86. The zero-order chi connectivity index (χ0) is 16.9. The predicted molar refractivity (Wildman–Crippen MR) is 95.6 cm³/mol. The number of rotatable bonds is 5. The van der Waals surface area contributed by atoms with E-state index in [0.717, 1.165) is 31.7 Å². The third kappa shape index (κ3) is 3.99. The molecule has 1 amide bonds. The molecule has 0 saturated carbocycles. The van der Waals surface area contributed by atoms with Gasteiger partial charge in [0.1, 0.15) is 0 Å². The average Bonchev–Trinajstić information content (AvgIpc) is 2.94. The molecule has 3 rings (SSSR count). The van der Waals surface area contributed by atoms with E-state index in [1.165, 1.54) is 22.0 Å². The molecule has 1 saturated heterocycles. The van der Waals surface area contributed by atoms with Crippen LogP contribution in [0, 0.1) is 6.92 Å². The van der Waals surface area contributed by atoms with Gasteiger partial charge in [-0.15, -0.1) is 5.10 Å². The molecule has 2 aromatic rings. The summed E-state index contributed by atoms with van der Waals surface area (Å²) in [6.07, 6.45) is 1.55. The lowest BCUT2D eigenvalue weighted by Gasteiger charge is -2.31. The molecule has 1 aromatic heterocycles. The summed E-state index contributed by atoms with van der Waals surface area (Å²) in [4.78, 5) is 18.3. The summed E-state index contributed by atoms with van der Waals surface area (Å²) in [6, 6.07) is 10.5. The van der Waals surface area contributed by atoms with Crippen LogP contribution in [0.1, 0.15) is 35.9 Å². The Hall–Kier alpha value is -1.79. The molecule has 24 heavy (non-hydrogen) atoms. The second-order valence-corrected chi connectivity index (χ2v) is 7.17. The lowest BCUT2D eigenvalue weighted by atomic mass is 10.1. The molecule has 0 N–H and O–H groups in total. The summed E-state index contributed by atoms with van der Waals surface area (Å²) in [5, 5.41) is 4.09. The van der Waals surface area contributed by atoms with Crippen LogP contribution in [0.15, 0.2) is 30.3 Å². The number of hydrogen-bond acceptors (Lipinski definition) is 5. The Labute approximate surface area is 147 Å². The van der Waals surface area contributed by atoms with Gasteiger partial charge in [0.2, 0.25) is 5.91 Å². The minimum Gasteiger partial charge on any atom is -0.334 e. The fourth-order valence-electron chi connectivity index (χ4n) is 3.18. The van der Waals surface area contributed by atoms with Crippen LogP contribution >= 0.6 is 11.5 Å². The van der Waals surface area contributed by atoms with E-state index in [4.69, 9.17) is 0 Å². The van der Waals surface area contributed by atoms with Gasteiger partial charge in [-0.1, -0.05) is 41.7 Å². The number of amides is 1. The smallest absolute Gasteiger partial charge is 0.224 e. The van der Waals surface area contributed by atoms with E-state index in [0.29, 0.717) is 13.0 Å². The monoisotopic (exact) mass is 344 g/mol. The van der Waals surface area contributed by atoms with Crippen LogP contribution in [0.5, 0.6) is 0 Å². The normalized spacial score (nSPS) is 19.5. The fourth-order valence-corrected chi connectivity index (χ4v) is 3.85. The Bertz CT molecular complexity index is 673. The first-order valence-corrected chi connectivity index (χ1v) is 9.28. The van der Waals surface area contributed by atoms with E-state index in [-0.39, 0.29) is 11.9 Å². The maximum absolute atomic E-state index is 12.7. The number of carbonyl (C=O) groups is 1. The van der Waals surface area contributed by atoms with Crippen LogP contribution in [-0.2, 0) is 17.9 Å². The Morgan fingerprint density at radius 3 is 2.71 bits per heavy atom. The quantitative estimate of drug-likeness (QED) is 0.837. The molecule has 1 fully saturated rings. The molecule has 1 aliphatic heterocycles. The van der Waals surface area contributed by atoms with Gasteiger partial charge in [-0.25, -0.2) is 0 Å². The van der Waals surface area contributed by atoms with Gasteiger partial charge in [0, 0.05) is 38.6 Å². The van der Waals surface area contributed by atoms with Gasteiger partial charge in [-0.2, -0.15) is 0 Å². The van der Waals surface area contributed by atoms with Crippen LogP contribution in [-0.4, -0.2) is 44.4 Å². The van der Waals surface area contributed by atoms with Gasteiger partial charge < -0.3 is 4.90 Å². The third-order valence-electron chi connectivity index (χ3n) is 4.65. The number of benzene rings is 1. The van der Waals surface area contributed by atoms with Crippen molar-refractivity contribution in [1.29, 1.82) is 0 Å². The first kappa shape index (κ1) is 17.0. The van der Waals surface area contributed by atoms with E-state index in [9.17, 15) is 4.79 Å². The standard InChI is InChI=1S/C18H24N4OS/c1-3-16-12-21(13-17-14(2)19-20-24-17)10-9-18(23)22(16)11-15-7-5-4-6-8-15/h4-8,16H,3,9-13H2,1-2H3/t16-/m0/s1. The molecule has 5 nitrogen and oxygen atoms in total. The van der Waals surface area contributed by atoms with Crippen molar-refractivity contribution < 1.29 is 4.79 Å². The zero-order valence-corrected chi connectivity index (χ0v) is 15.1. The Kier molecular flexibility index (Phi) is 5.58. The largest absolute Gasteiger partial charge is 0.334 e. The van der Waals surface area contributed by atoms with Crippen molar-refractivity contribution in [3.8, 4) is 0 Å². The Morgan fingerprint density at radius 1 is 1.25 bits per heavy atom. The van der Waals surface area contributed by atoms with Gasteiger partial charge in [-0.3, -0.25) is 9.69 Å². The fraction of sp³-hybridized carbons (Fsp3) is 0.500. The second kappa shape index (κ2) is 7.85. The number of hydrogen-bond donors (Lipinski definition) is 0. The van der Waals surface area contributed by atoms with E-state index in [2.05, 4.69) is 38.4 Å². The van der Waals surface area contributed by atoms with Gasteiger partial charge in [0.25, 0.3) is 0 Å². The molecule has 128 valence electrons. The molecule has 0 bridgehead atoms. The minimum absolute atomic E-state index is 0.251. The van der Waals surface area contributed by atoms with Crippen LogP contribution in [0.3, 0.4) is 0 Å². The molecule has 1 aliphatic rings. The molecule has 0 spiro atoms. The van der Waals surface area contributed by atoms with Crippen molar-refractivity contribution in [2.45, 2.75) is 45.8 Å². The summed E-state index contributed by atoms with van der Waals surface area (Å²) < 4.78 is 4.02. The summed E-state index contributed by atoms with van der Waals surface area (Å²) in [5.41, 5.74) is 2.20. The van der Waals surface area contributed by atoms with Gasteiger partial charge >= 0.3 is 0 Å². The topological polar surface area (TPSA) is 49.3 Å². The SMILES string of the molecule is CC[C@H]1CN(Cc2snnc2C)CCC(=O)N1Cc1ccccc1. The number of aromatic nitrogens is 2. The lowest BCUT2D eigenvalue weighted by molar-refractivity contribution is -0.133. The Balaban J connectivity index is 1.72. The molecule has 2 heterocycles. The molecular formula is C18H24N4OS. The van der Waals surface area contributed by atoms with Crippen LogP contribution in [0.4, 0.5) is 0 Å². The van der Waals surface area contributed by atoms with Crippen molar-refractivity contribution in [3.63, 3.8) is 0 Å². The average molecular weight is 344 g/mol. The maximum Gasteiger partial charge on any atom is 0.224 e. The maximum atomic E-state index is 12.7. The van der Waals surface area contributed by atoms with E-state index in [1.54, 1.807) is 0 Å². The minimum atomic E-state index is 0.251. The number of nitrogens with zero attached hydrogens (tertiary/aromatic N) is 4. The van der Waals surface area contributed by atoms with Crippen LogP contribution in [0.25, 0.3) is 0 Å². The molecular weight excluding hydrogens is 320 g/mol. The molecule has 0 aliphatic carbocycles. The highest BCUT2D eigenvalue weighted by Gasteiger charge is 2.29. The molecule has 6 heteroatoms. The highest BCUT2D eigenvalue weighted by molar-refractivity contribution is 7.05. The van der Waals surface area contributed by atoms with Crippen molar-refractivity contribution in [2.24, 2.45) is 0 Å².